The average molecular weight is 487 g/mol. The summed E-state index contributed by atoms with van der Waals surface area (Å²) in [6.07, 6.45) is 5.94. The highest BCUT2D eigenvalue weighted by Crippen LogP contribution is 2.64. The fraction of sp³-hybridized carbons (Fsp3) is 0.522. The monoisotopic (exact) mass is 486 g/mol. The minimum atomic E-state index is -0.624. The van der Waals surface area contributed by atoms with E-state index < -0.39 is 16.7 Å². The van der Waals surface area contributed by atoms with Gasteiger partial charge in [0.25, 0.3) is 5.56 Å². The molecular formula is C23H27BrN4O3. The number of carbonyl (C=O) groups excluding carboxylic acids is 1. The molecule has 4 bridgehead atoms. The van der Waals surface area contributed by atoms with Crippen molar-refractivity contribution in [2.24, 2.45) is 17.3 Å². The number of rotatable bonds is 4. The van der Waals surface area contributed by atoms with E-state index in [2.05, 4.69) is 20.9 Å². The number of carbonyl (C=O) groups is 1. The van der Waals surface area contributed by atoms with Gasteiger partial charge in [-0.25, -0.2) is 4.79 Å². The van der Waals surface area contributed by atoms with Crippen LogP contribution in [0.2, 0.25) is 0 Å². The van der Waals surface area contributed by atoms with Crippen molar-refractivity contribution in [3.63, 3.8) is 0 Å². The maximum atomic E-state index is 13.8. The molecule has 2 unspecified atom stereocenters. The molecule has 2 atom stereocenters. The molecule has 4 fully saturated rings. The molecule has 8 heteroatoms. The molecule has 164 valence electrons. The molecule has 0 spiro atoms. The zero-order chi connectivity index (χ0) is 22.0. The highest BCUT2D eigenvalue weighted by Gasteiger charge is 2.60. The first-order chi connectivity index (χ1) is 14.7. The van der Waals surface area contributed by atoms with Gasteiger partial charge in [0.1, 0.15) is 5.82 Å². The third-order valence-electron chi connectivity index (χ3n) is 7.48. The lowest BCUT2D eigenvalue weighted by atomic mass is 9.49. The lowest BCUT2D eigenvalue weighted by Gasteiger charge is -2.59. The first kappa shape index (κ1) is 20.5. The van der Waals surface area contributed by atoms with Crippen LogP contribution >= 0.6 is 15.9 Å². The van der Waals surface area contributed by atoms with E-state index in [1.165, 1.54) is 15.9 Å². The second-order valence-electron chi connectivity index (χ2n) is 9.82. The molecule has 2 aromatic rings. The fourth-order valence-corrected chi connectivity index (χ4v) is 8.14. The highest BCUT2D eigenvalue weighted by atomic mass is 79.9. The summed E-state index contributed by atoms with van der Waals surface area (Å²) in [6, 6.07) is 9.42. The highest BCUT2D eigenvalue weighted by molar-refractivity contribution is 9.10. The van der Waals surface area contributed by atoms with Crippen molar-refractivity contribution in [1.82, 2.24) is 9.55 Å². The van der Waals surface area contributed by atoms with E-state index in [-0.39, 0.29) is 28.3 Å². The van der Waals surface area contributed by atoms with Crippen LogP contribution in [0.25, 0.3) is 0 Å². The van der Waals surface area contributed by atoms with Crippen LogP contribution in [0.5, 0.6) is 0 Å². The number of hydrogen-bond acceptors (Lipinski definition) is 4. The molecule has 4 saturated carbocycles. The lowest BCUT2D eigenvalue weighted by Crippen LogP contribution is -2.59. The Morgan fingerprint density at radius 1 is 1.19 bits per heavy atom. The van der Waals surface area contributed by atoms with Gasteiger partial charge in [0, 0.05) is 11.4 Å². The summed E-state index contributed by atoms with van der Waals surface area (Å²) in [5, 5.41) is 0. The van der Waals surface area contributed by atoms with Gasteiger partial charge in [0.2, 0.25) is 5.91 Å². The quantitative estimate of drug-likeness (QED) is 0.648. The van der Waals surface area contributed by atoms with Crippen LogP contribution < -0.4 is 21.9 Å². The Kier molecular flexibility index (Phi) is 4.70. The van der Waals surface area contributed by atoms with Gasteiger partial charge in [-0.3, -0.25) is 19.1 Å². The Hall–Kier alpha value is -2.35. The zero-order valence-electron chi connectivity index (χ0n) is 17.6. The van der Waals surface area contributed by atoms with Crippen LogP contribution in [0.15, 0.2) is 39.9 Å². The predicted octanol–water partition coefficient (Wildman–Crippen LogP) is 2.86. The third kappa shape index (κ3) is 3.35. The molecule has 4 aliphatic rings. The first-order valence-electron chi connectivity index (χ1n) is 10.8. The summed E-state index contributed by atoms with van der Waals surface area (Å²) in [5.74, 6) is 1.04. The summed E-state index contributed by atoms with van der Waals surface area (Å²) < 4.78 is 1.35. The molecule has 1 amide bonds. The number of hydrogen-bond donors (Lipinski definition) is 2. The Morgan fingerprint density at radius 3 is 2.45 bits per heavy atom. The molecule has 3 N–H and O–H groups in total. The summed E-state index contributed by atoms with van der Waals surface area (Å²) in [4.78, 5) is 42.8. The molecule has 31 heavy (non-hydrogen) atoms. The average Bonchev–Trinajstić information content (AvgIpc) is 2.69. The number of benzene rings is 1. The Morgan fingerprint density at radius 2 is 1.84 bits per heavy atom. The normalized spacial score (nSPS) is 31.0. The van der Waals surface area contributed by atoms with Gasteiger partial charge in [-0.2, -0.15) is 0 Å². The second kappa shape index (κ2) is 7.08. The minimum absolute atomic E-state index is 0.0201. The molecule has 1 heterocycles. The van der Waals surface area contributed by atoms with Crippen molar-refractivity contribution in [2.75, 3.05) is 17.7 Å². The van der Waals surface area contributed by atoms with Gasteiger partial charge < -0.3 is 10.6 Å². The van der Waals surface area contributed by atoms with Gasteiger partial charge in [-0.1, -0.05) is 46.3 Å². The number of nitrogens with one attached hydrogen (secondary N) is 1. The summed E-state index contributed by atoms with van der Waals surface area (Å²) in [5.41, 5.74) is 5.59. The molecule has 0 radical (unpaired) electrons. The van der Waals surface area contributed by atoms with Crippen LogP contribution in [0.4, 0.5) is 11.5 Å². The first-order valence-corrected chi connectivity index (χ1v) is 11.6. The number of halogens is 1. The molecule has 1 aromatic heterocycles. The van der Waals surface area contributed by atoms with Crippen LogP contribution in [0, 0.1) is 17.3 Å². The van der Waals surface area contributed by atoms with Crippen molar-refractivity contribution in [3.8, 4) is 0 Å². The summed E-state index contributed by atoms with van der Waals surface area (Å²) >= 11 is 3.94. The van der Waals surface area contributed by atoms with Gasteiger partial charge in [0.05, 0.1) is 12.0 Å². The maximum absolute atomic E-state index is 13.8. The lowest BCUT2D eigenvalue weighted by molar-refractivity contribution is -0.140. The van der Waals surface area contributed by atoms with Crippen LogP contribution in [-0.4, -0.2) is 26.8 Å². The third-order valence-corrected chi connectivity index (χ3v) is 8.41. The van der Waals surface area contributed by atoms with E-state index in [9.17, 15) is 14.4 Å². The predicted molar refractivity (Wildman–Crippen MR) is 123 cm³/mol. The van der Waals surface area contributed by atoms with E-state index in [0.29, 0.717) is 11.8 Å². The van der Waals surface area contributed by atoms with Crippen LogP contribution in [-0.2, 0) is 11.3 Å². The van der Waals surface area contributed by atoms with Gasteiger partial charge >= 0.3 is 5.69 Å². The molecule has 4 aliphatic carbocycles. The van der Waals surface area contributed by atoms with Crippen molar-refractivity contribution in [2.45, 2.75) is 49.4 Å². The van der Waals surface area contributed by atoms with Gasteiger partial charge in [-0.05, 0) is 55.9 Å². The smallest absolute Gasteiger partial charge is 0.330 e. The number of H-pyrrole nitrogens is 1. The Balaban J connectivity index is 1.51. The number of nitrogens with two attached hydrogens (primary N) is 1. The number of amides is 1. The molecule has 0 saturated heterocycles. The minimum Gasteiger partial charge on any atom is -0.383 e. The van der Waals surface area contributed by atoms with Gasteiger partial charge in [-0.15, -0.1) is 0 Å². The van der Waals surface area contributed by atoms with E-state index in [4.69, 9.17) is 5.73 Å². The van der Waals surface area contributed by atoms with Crippen LogP contribution in [0.1, 0.15) is 44.1 Å². The van der Waals surface area contributed by atoms with Crippen molar-refractivity contribution in [3.05, 3.63) is 56.7 Å². The molecule has 1 aromatic carbocycles. The standard InChI is InChI=1S/C23H27BrN4O3/c1-27(20(30)22-8-15-7-16(9-22)11-23(24,10-15)13-22)17-18(25)28(21(31)26-19(17)29)12-14-5-3-2-4-6-14/h2-6,15-16H,7-13,25H2,1H3,(H,26,29,31). The number of nitrogen functional groups attached to an aromatic ring is 1. The summed E-state index contributed by atoms with van der Waals surface area (Å²) in [6.45, 7) is 0.219. The molecular weight excluding hydrogens is 460 g/mol. The molecule has 0 aliphatic heterocycles. The van der Waals surface area contributed by atoms with E-state index in [1.54, 1.807) is 7.05 Å². The van der Waals surface area contributed by atoms with E-state index in [0.717, 1.165) is 37.7 Å². The maximum Gasteiger partial charge on any atom is 0.330 e. The number of anilines is 2. The fourth-order valence-electron chi connectivity index (χ4n) is 6.68. The number of alkyl halides is 1. The topological polar surface area (TPSA) is 101 Å². The van der Waals surface area contributed by atoms with E-state index in [1.807, 2.05) is 30.3 Å². The SMILES string of the molecule is CN(C(=O)C12CC3CC(CC(Br)(C3)C1)C2)c1c(N)n(Cc2ccccc2)c(=O)[nH]c1=O. The second-order valence-corrected chi connectivity index (χ2v) is 11.5. The van der Waals surface area contributed by atoms with Crippen molar-refractivity contribution < 1.29 is 4.79 Å². The number of aromatic amines is 1. The largest absolute Gasteiger partial charge is 0.383 e. The zero-order valence-corrected chi connectivity index (χ0v) is 19.2. The van der Waals surface area contributed by atoms with Crippen LogP contribution in [0.3, 0.4) is 0 Å². The van der Waals surface area contributed by atoms with Crippen molar-refractivity contribution >= 4 is 33.3 Å². The van der Waals surface area contributed by atoms with E-state index >= 15 is 0 Å². The van der Waals surface area contributed by atoms with Crippen molar-refractivity contribution in [1.29, 1.82) is 0 Å². The number of aromatic nitrogens is 2. The molecule has 7 nitrogen and oxygen atoms in total. The number of nitrogens with zero attached hydrogens (tertiary/aromatic N) is 2. The Labute approximate surface area is 188 Å². The van der Waals surface area contributed by atoms with Gasteiger partial charge in [0.15, 0.2) is 5.69 Å². The Bertz CT molecular complexity index is 1140. The summed E-state index contributed by atoms with van der Waals surface area (Å²) in [7, 11) is 1.61. The molecule has 6 rings (SSSR count).